The summed E-state index contributed by atoms with van der Waals surface area (Å²) in [5, 5.41) is 5.77. The van der Waals surface area contributed by atoms with Gasteiger partial charge in [0.25, 0.3) is 5.91 Å². The average Bonchev–Trinajstić information content (AvgIpc) is 2.68. The molecule has 88 valence electrons. The molecule has 1 fully saturated rings. The van der Waals surface area contributed by atoms with Gasteiger partial charge in [0.1, 0.15) is 4.88 Å². The molecule has 16 heavy (non-hydrogen) atoms. The van der Waals surface area contributed by atoms with E-state index in [1.807, 2.05) is 5.01 Å². The van der Waals surface area contributed by atoms with Crippen LogP contribution >= 0.6 is 11.5 Å². The zero-order valence-electron chi connectivity index (χ0n) is 9.43. The summed E-state index contributed by atoms with van der Waals surface area (Å²) in [6.45, 7) is 5.45. The third kappa shape index (κ3) is 2.55. The van der Waals surface area contributed by atoms with Crippen molar-refractivity contribution in [1.29, 1.82) is 0 Å². The van der Waals surface area contributed by atoms with E-state index in [0.29, 0.717) is 10.6 Å². The molecular formula is C9H15N5OS. The second-order valence-electron chi connectivity index (χ2n) is 3.92. The summed E-state index contributed by atoms with van der Waals surface area (Å²) in [5.41, 5.74) is 3.57. The molecule has 6 nitrogen and oxygen atoms in total. The normalized spacial score (nSPS) is 18.6. The molecule has 1 aliphatic rings. The number of carbonyl (C=O) groups is 1. The van der Waals surface area contributed by atoms with E-state index in [0.717, 1.165) is 37.7 Å². The van der Waals surface area contributed by atoms with Crippen LogP contribution in [0.5, 0.6) is 0 Å². The van der Waals surface area contributed by atoms with Crippen molar-refractivity contribution in [3.05, 3.63) is 10.6 Å². The number of aryl methyl sites for hydroxylation is 1. The quantitative estimate of drug-likeness (QED) is 0.773. The monoisotopic (exact) mass is 241 g/mol. The molecule has 7 heteroatoms. The van der Waals surface area contributed by atoms with Gasteiger partial charge in [-0.05, 0) is 25.5 Å². The highest BCUT2D eigenvalue weighted by atomic mass is 32.1. The number of amides is 1. The predicted octanol–water partition coefficient (Wildman–Crippen LogP) is -0.261. The summed E-state index contributed by atoms with van der Waals surface area (Å²) in [5.74, 6) is -0.1000. The molecule has 0 saturated carbocycles. The molecular weight excluding hydrogens is 226 g/mol. The Morgan fingerprint density at radius 1 is 1.38 bits per heavy atom. The fourth-order valence-corrected chi connectivity index (χ4v) is 2.10. The third-order valence-electron chi connectivity index (χ3n) is 2.62. The highest BCUT2D eigenvalue weighted by molar-refractivity contribution is 7.07. The fraction of sp³-hybridized carbons (Fsp3) is 0.667. The van der Waals surface area contributed by atoms with Gasteiger partial charge in [-0.3, -0.25) is 10.2 Å². The summed E-state index contributed by atoms with van der Waals surface area (Å²) in [6, 6.07) is 0. The zero-order valence-corrected chi connectivity index (χ0v) is 10.3. The Morgan fingerprint density at radius 3 is 2.62 bits per heavy atom. The molecule has 1 N–H and O–H groups in total. The van der Waals surface area contributed by atoms with Crippen LogP contribution in [0.15, 0.2) is 0 Å². The van der Waals surface area contributed by atoms with Gasteiger partial charge in [-0.25, -0.2) is 5.01 Å². The molecule has 0 unspecified atom stereocenters. The number of piperazine rings is 1. The van der Waals surface area contributed by atoms with E-state index in [2.05, 4.69) is 27.0 Å². The van der Waals surface area contributed by atoms with Crippen LogP contribution in [0.4, 0.5) is 0 Å². The van der Waals surface area contributed by atoms with Crippen molar-refractivity contribution in [2.24, 2.45) is 0 Å². The van der Waals surface area contributed by atoms with Crippen molar-refractivity contribution in [1.82, 2.24) is 24.9 Å². The number of carbonyl (C=O) groups excluding carboxylic acids is 1. The van der Waals surface area contributed by atoms with Crippen molar-refractivity contribution in [2.45, 2.75) is 6.92 Å². The Labute approximate surface area is 98.4 Å². The molecule has 2 rings (SSSR count). The van der Waals surface area contributed by atoms with E-state index in [9.17, 15) is 4.79 Å². The Balaban J connectivity index is 1.91. The standard InChI is InChI=1S/C9H15N5OS/c1-7-8(16-12-10-7)9(15)11-14-5-3-13(2)4-6-14/h3-6H2,1-2H3,(H,11,15). The summed E-state index contributed by atoms with van der Waals surface area (Å²) >= 11 is 1.14. The molecule has 1 aromatic heterocycles. The van der Waals surface area contributed by atoms with Crippen molar-refractivity contribution >= 4 is 17.4 Å². The van der Waals surface area contributed by atoms with Crippen LogP contribution in [0.1, 0.15) is 15.4 Å². The maximum absolute atomic E-state index is 11.8. The minimum absolute atomic E-state index is 0.1000. The Bertz CT molecular complexity index is 372. The maximum Gasteiger partial charge on any atom is 0.279 e. The lowest BCUT2D eigenvalue weighted by Gasteiger charge is -2.32. The lowest BCUT2D eigenvalue weighted by Crippen LogP contribution is -2.52. The van der Waals surface area contributed by atoms with Crippen LogP contribution in [-0.4, -0.2) is 58.6 Å². The lowest BCUT2D eigenvalue weighted by atomic mass is 10.3. The molecule has 0 atom stereocenters. The van der Waals surface area contributed by atoms with Gasteiger partial charge >= 0.3 is 0 Å². The van der Waals surface area contributed by atoms with Gasteiger partial charge in [0.15, 0.2) is 0 Å². The molecule has 1 aromatic rings. The summed E-state index contributed by atoms with van der Waals surface area (Å²) in [6.07, 6.45) is 0. The Morgan fingerprint density at radius 2 is 2.06 bits per heavy atom. The smallest absolute Gasteiger partial charge is 0.279 e. The number of hydrazine groups is 1. The van der Waals surface area contributed by atoms with Crippen molar-refractivity contribution in [3.63, 3.8) is 0 Å². The molecule has 0 aliphatic carbocycles. The number of hydrogen-bond acceptors (Lipinski definition) is 6. The van der Waals surface area contributed by atoms with Gasteiger partial charge in [-0.15, -0.1) is 5.10 Å². The topological polar surface area (TPSA) is 61.4 Å². The Hall–Kier alpha value is -1.05. The minimum Gasteiger partial charge on any atom is -0.304 e. The van der Waals surface area contributed by atoms with Gasteiger partial charge in [0.05, 0.1) is 5.69 Å². The van der Waals surface area contributed by atoms with Gasteiger partial charge in [-0.2, -0.15) is 0 Å². The van der Waals surface area contributed by atoms with Crippen LogP contribution in [-0.2, 0) is 0 Å². The van der Waals surface area contributed by atoms with Crippen molar-refractivity contribution in [3.8, 4) is 0 Å². The van der Waals surface area contributed by atoms with Gasteiger partial charge in [0, 0.05) is 26.2 Å². The van der Waals surface area contributed by atoms with E-state index in [1.165, 1.54) is 0 Å². The molecule has 0 bridgehead atoms. The predicted molar refractivity (Wildman–Crippen MR) is 61.2 cm³/mol. The largest absolute Gasteiger partial charge is 0.304 e. The van der Waals surface area contributed by atoms with Crippen LogP contribution in [0, 0.1) is 6.92 Å². The first kappa shape index (κ1) is 11.4. The molecule has 1 aliphatic heterocycles. The summed E-state index contributed by atoms with van der Waals surface area (Å²) < 4.78 is 3.75. The van der Waals surface area contributed by atoms with E-state index >= 15 is 0 Å². The first-order chi connectivity index (χ1) is 7.66. The van der Waals surface area contributed by atoms with Crippen LogP contribution in [0.2, 0.25) is 0 Å². The highest BCUT2D eigenvalue weighted by Gasteiger charge is 2.19. The van der Waals surface area contributed by atoms with Crippen LogP contribution < -0.4 is 5.43 Å². The number of nitrogens with zero attached hydrogens (tertiary/aromatic N) is 4. The van der Waals surface area contributed by atoms with Crippen LogP contribution in [0.3, 0.4) is 0 Å². The molecule has 0 radical (unpaired) electrons. The van der Waals surface area contributed by atoms with E-state index in [-0.39, 0.29) is 5.91 Å². The summed E-state index contributed by atoms with van der Waals surface area (Å²) in [7, 11) is 2.08. The number of nitrogens with one attached hydrogen (secondary N) is 1. The SMILES string of the molecule is Cc1nnsc1C(=O)NN1CCN(C)CC1. The number of rotatable bonds is 2. The highest BCUT2D eigenvalue weighted by Crippen LogP contribution is 2.09. The summed E-state index contributed by atoms with van der Waals surface area (Å²) in [4.78, 5) is 14.7. The molecule has 0 spiro atoms. The van der Waals surface area contributed by atoms with Gasteiger partial charge < -0.3 is 4.90 Å². The maximum atomic E-state index is 11.8. The molecule has 0 aromatic carbocycles. The Kier molecular flexibility index (Phi) is 3.47. The van der Waals surface area contributed by atoms with E-state index < -0.39 is 0 Å². The van der Waals surface area contributed by atoms with Gasteiger partial charge in [0.2, 0.25) is 0 Å². The van der Waals surface area contributed by atoms with E-state index in [4.69, 9.17) is 0 Å². The first-order valence-corrected chi connectivity index (χ1v) is 5.97. The molecule has 1 saturated heterocycles. The first-order valence-electron chi connectivity index (χ1n) is 5.20. The third-order valence-corrected chi connectivity index (χ3v) is 3.45. The zero-order chi connectivity index (χ0) is 11.5. The van der Waals surface area contributed by atoms with Crippen molar-refractivity contribution in [2.75, 3.05) is 33.2 Å². The van der Waals surface area contributed by atoms with Crippen LogP contribution in [0.25, 0.3) is 0 Å². The number of likely N-dealkylation sites (N-methyl/N-ethyl adjacent to an activating group) is 1. The van der Waals surface area contributed by atoms with Gasteiger partial charge in [-0.1, -0.05) is 4.49 Å². The van der Waals surface area contributed by atoms with E-state index in [1.54, 1.807) is 6.92 Å². The fourth-order valence-electron chi connectivity index (χ4n) is 1.55. The number of aromatic nitrogens is 2. The second kappa shape index (κ2) is 4.86. The second-order valence-corrected chi connectivity index (χ2v) is 4.67. The lowest BCUT2D eigenvalue weighted by molar-refractivity contribution is 0.0665. The van der Waals surface area contributed by atoms with Crippen molar-refractivity contribution < 1.29 is 4.79 Å². The average molecular weight is 241 g/mol. The minimum atomic E-state index is -0.1000. The molecule has 2 heterocycles. The number of hydrogen-bond donors (Lipinski definition) is 1. The molecule has 1 amide bonds.